The van der Waals surface area contributed by atoms with Crippen LogP contribution in [0.3, 0.4) is 0 Å². The minimum atomic E-state index is 0.725. The molecule has 1 radical (unpaired) electrons. The van der Waals surface area contributed by atoms with E-state index in [9.17, 15) is 4.79 Å². The Bertz CT molecular complexity index is 447. The van der Waals surface area contributed by atoms with E-state index in [0.717, 1.165) is 33.2 Å². The molecule has 2 aromatic rings. The molecule has 0 aliphatic rings. The van der Waals surface area contributed by atoms with Gasteiger partial charge in [-0.15, -0.1) is 22.7 Å². The predicted octanol–water partition coefficient (Wildman–Crippen LogP) is 1.53. The summed E-state index contributed by atoms with van der Waals surface area (Å²) in [5.41, 5.74) is 0. The monoisotopic (exact) mass is 221 g/mol. The average molecular weight is 221 g/mol. The number of hydrogen-bond acceptors (Lipinski definition) is 4. The summed E-state index contributed by atoms with van der Waals surface area (Å²) in [5, 5.41) is 8.78. The lowest BCUT2D eigenvalue weighted by atomic mass is 10.0. The summed E-state index contributed by atoms with van der Waals surface area (Å²) in [6.07, 6.45) is 0.848. The second kappa shape index (κ2) is 4.08. The van der Waals surface area contributed by atoms with Crippen molar-refractivity contribution in [1.82, 2.24) is 0 Å². The molecule has 2 aromatic heterocycles. The second-order valence-electron chi connectivity index (χ2n) is 2.65. The predicted molar refractivity (Wildman–Crippen MR) is 60.6 cm³/mol. The van der Waals surface area contributed by atoms with E-state index in [1.54, 1.807) is 6.07 Å². The van der Waals surface area contributed by atoms with Gasteiger partial charge in [0.15, 0.2) is 6.29 Å². The summed E-state index contributed by atoms with van der Waals surface area (Å²) in [7, 11) is 1.09. The van der Waals surface area contributed by atoms with Gasteiger partial charge in [-0.1, -0.05) is 6.07 Å². The van der Waals surface area contributed by atoms with Gasteiger partial charge in [-0.25, -0.2) is 0 Å². The molecule has 2 heterocycles. The zero-order valence-corrected chi connectivity index (χ0v) is 8.77. The second-order valence-corrected chi connectivity index (χ2v) is 4.88. The van der Waals surface area contributed by atoms with Crippen LogP contribution in [-0.2, 0) is 0 Å². The molecule has 0 aliphatic carbocycles. The van der Waals surface area contributed by atoms with Crippen molar-refractivity contribution in [3.8, 4) is 9.75 Å². The van der Waals surface area contributed by atoms with E-state index in [-0.39, 0.29) is 0 Å². The third kappa shape index (κ3) is 1.80. The van der Waals surface area contributed by atoms with Crippen LogP contribution in [0.15, 0.2) is 24.3 Å². The fraction of sp³-hybridized carbons (Fsp3) is 0. The third-order valence-electron chi connectivity index (χ3n) is 1.74. The molecule has 5 heteroatoms. The summed E-state index contributed by atoms with van der Waals surface area (Å²) in [6.45, 7) is 0. The lowest BCUT2D eigenvalue weighted by Crippen LogP contribution is -2.06. The number of thiophene rings is 2. The van der Waals surface area contributed by atoms with Crippen molar-refractivity contribution < 1.29 is 9.82 Å². The van der Waals surface area contributed by atoms with E-state index < -0.39 is 0 Å². The van der Waals surface area contributed by atoms with Crippen molar-refractivity contribution >= 4 is 41.2 Å². The van der Waals surface area contributed by atoms with Gasteiger partial charge in [-0.05, 0) is 23.0 Å². The van der Waals surface area contributed by atoms with E-state index in [1.165, 1.54) is 22.7 Å². The van der Waals surface area contributed by atoms with Gasteiger partial charge in [0.1, 0.15) is 0 Å². The smallest absolute Gasteiger partial charge is 0.337 e. The van der Waals surface area contributed by atoms with Crippen LogP contribution < -0.4 is 4.78 Å². The maximum absolute atomic E-state index is 10.5. The highest BCUT2D eigenvalue weighted by molar-refractivity contribution is 7.27. The van der Waals surface area contributed by atoms with Crippen LogP contribution in [0.1, 0.15) is 9.67 Å². The van der Waals surface area contributed by atoms with Gasteiger partial charge in [0.25, 0.3) is 0 Å². The Balaban J connectivity index is 2.33. The Morgan fingerprint density at radius 3 is 2.43 bits per heavy atom. The average Bonchev–Trinajstić information content (AvgIpc) is 2.86. The minimum absolute atomic E-state index is 0.725. The zero-order valence-electron chi connectivity index (χ0n) is 7.14. The first-order chi connectivity index (χ1) is 6.83. The first kappa shape index (κ1) is 9.64. The molecular formula is C9H6BO2S2. The first-order valence-corrected chi connectivity index (χ1v) is 5.59. The first-order valence-electron chi connectivity index (χ1n) is 3.96. The van der Waals surface area contributed by atoms with Crippen molar-refractivity contribution in [2.24, 2.45) is 0 Å². The lowest BCUT2D eigenvalue weighted by Gasteiger charge is -1.87. The van der Waals surface area contributed by atoms with E-state index in [0.29, 0.717) is 0 Å². The van der Waals surface area contributed by atoms with Crippen LogP contribution in [0, 0.1) is 0 Å². The summed E-state index contributed by atoms with van der Waals surface area (Å²) < 4.78 is 0.820. The molecule has 0 amide bonds. The summed E-state index contributed by atoms with van der Waals surface area (Å²) in [5.74, 6) is 0. The van der Waals surface area contributed by atoms with E-state index in [4.69, 9.17) is 5.02 Å². The third-order valence-corrected chi connectivity index (χ3v) is 3.97. The van der Waals surface area contributed by atoms with Crippen LogP contribution in [0.2, 0.25) is 0 Å². The number of rotatable bonds is 3. The van der Waals surface area contributed by atoms with Gasteiger partial charge in [0.2, 0.25) is 0 Å². The number of carbonyl (C=O) groups is 1. The molecule has 0 fully saturated rings. The largest absolute Gasteiger partial charge is 0.449 e. The van der Waals surface area contributed by atoms with Crippen molar-refractivity contribution in [1.29, 1.82) is 0 Å². The molecule has 1 N–H and O–H groups in total. The van der Waals surface area contributed by atoms with Crippen LogP contribution in [-0.4, -0.2) is 18.8 Å². The van der Waals surface area contributed by atoms with E-state index in [1.807, 2.05) is 18.2 Å². The zero-order chi connectivity index (χ0) is 9.97. The van der Waals surface area contributed by atoms with Gasteiger partial charge in [-0.3, -0.25) is 4.79 Å². The number of carbonyl (C=O) groups excluding carboxylic acids is 1. The van der Waals surface area contributed by atoms with Crippen molar-refractivity contribution in [3.05, 3.63) is 29.1 Å². The van der Waals surface area contributed by atoms with Crippen molar-refractivity contribution in [2.45, 2.75) is 0 Å². The van der Waals surface area contributed by atoms with E-state index >= 15 is 0 Å². The molecule has 0 saturated carbocycles. The Hall–Kier alpha value is -0.905. The molecular weight excluding hydrogens is 215 g/mol. The fourth-order valence-electron chi connectivity index (χ4n) is 1.10. The summed E-state index contributed by atoms with van der Waals surface area (Å²) in [4.78, 5) is 13.3. The molecule has 0 unspecified atom stereocenters. The molecule has 14 heavy (non-hydrogen) atoms. The molecule has 69 valence electrons. The Labute approximate surface area is 90.1 Å². The highest BCUT2D eigenvalue weighted by Gasteiger charge is 2.05. The van der Waals surface area contributed by atoms with Gasteiger partial charge >= 0.3 is 7.48 Å². The van der Waals surface area contributed by atoms with Crippen LogP contribution in [0.5, 0.6) is 0 Å². The van der Waals surface area contributed by atoms with Crippen molar-refractivity contribution in [2.75, 3.05) is 0 Å². The van der Waals surface area contributed by atoms with Gasteiger partial charge in [0, 0.05) is 9.75 Å². The molecule has 0 aromatic carbocycles. The maximum Gasteiger partial charge on any atom is 0.337 e. The standard InChI is InChI=1S/C9H6BO2S2/c11-5-6-1-2-7(13-6)8-3-4-9(10-12)14-8/h1-5,12H. The minimum Gasteiger partial charge on any atom is -0.449 e. The highest BCUT2D eigenvalue weighted by Crippen LogP contribution is 2.29. The maximum atomic E-state index is 10.5. The fourth-order valence-corrected chi connectivity index (χ4v) is 2.84. The Morgan fingerprint density at radius 1 is 1.14 bits per heavy atom. The topological polar surface area (TPSA) is 37.3 Å². The molecule has 0 atom stereocenters. The van der Waals surface area contributed by atoms with Gasteiger partial charge < -0.3 is 5.02 Å². The lowest BCUT2D eigenvalue weighted by molar-refractivity contribution is 0.112. The normalized spacial score (nSPS) is 10.1. The van der Waals surface area contributed by atoms with Crippen LogP contribution >= 0.6 is 22.7 Å². The quantitative estimate of drug-likeness (QED) is 0.630. The summed E-state index contributed by atoms with van der Waals surface area (Å²) in [6, 6.07) is 7.50. The molecule has 0 saturated heterocycles. The molecule has 0 aliphatic heterocycles. The Morgan fingerprint density at radius 2 is 1.86 bits per heavy atom. The highest BCUT2D eigenvalue weighted by atomic mass is 32.1. The van der Waals surface area contributed by atoms with Gasteiger partial charge in [0.05, 0.1) is 4.88 Å². The van der Waals surface area contributed by atoms with Crippen molar-refractivity contribution in [3.63, 3.8) is 0 Å². The SMILES string of the molecule is O=Cc1ccc(-c2ccc([B]O)s2)s1. The Kier molecular flexibility index (Phi) is 2.81. The molecule has 0 spiro atoms. The molecule has 2 nitrogen and oxygen atoms in total. The van der Waals surface area contributed by atoms with E-state index in [2.05, 4.69) is 0 Å². The van der Waals surface area contributed by atoms with Crippen LogP contribution in [0.4, 0.5) is 0 Å². The number of hydrogen-bond donors (Lipinski definition) is 1. The molecule has 2 rings (SSSR count). The molecule has 0 bridgehead atoms. The van der Waals surface area contributed by atoms with Gasteiger partial charge in [-0.2, -0.15) is 0 Å². The number of aldehydes is 1. The summed E-state index contributed by atoms with van der Waals surface area (Å²) >= 11 is 2.96. The van der Waals surface area contributed by atoms with Crippen LogP contribution in [0.25, 0.3) is 9.75 Å².